The summed E-state index contributed by atoms with van der Waals surface area (Å²) in [5.41, 5.74) is 3.12. The van der Waals surface area contributed by atoms with E-state index in [9.17, 15) is 24.1 Å². The van der Waals surface area contributed by atoms with E-state index in [0.29, 0.717) is 12.2 Å². The van der Waals surface area contributed by atoms with Gasteiger partial charge in [0.05, 0.1) is 23.3 Å². The van der Waals surface area contributed by atoms with Crippen molar-refractivity contribution in [2.24, 2.45) is 5.10 Å². The molecule has 10 heteroatoms. The van der Waals surface area contributed by atoms with Gasteiger partial charge in [0, 0.05) is 17.7 Å². The normalized spacial score (nSPS) is 10.6. The molecule has 0 saturated heterocycles. The molecule has 9 nitrogen and oxygen atoms in total. The number of halogens is 1. The standard InChI is InChI=1S/C23H18FN3O6/c1-2-32-21-13-15(14-25-26-22(28)16-4-8-18(24)9-5-16)3-12-20(21)33-23(29)17-6-10-19(11-7-17)27(30)31/h3-14H,2H2,1H3,(H,26,28). The van der Waals surface area contributed by atoms with Crippen LogP contribution >= 0.6 is 0 Å². The summed E-state index contributed by atoms with van der Waals surface area (Å²) in [7, 11) is 0. The van der Waals surface area contributed by atoms with Gasteiger partial charge in [0.15, 0.2) is 11.5 Å². The van der Waals surface area contributed by atoms with Crippen LogP contribution in [0.15, 0.2) is 71.8 Å². The van der Waals surface area contributed by atoms with Gasteiger partial charge in [0.25, 0.3) is 11.6 Å². The minimum atomic E-state index is -0.709. The molecule has 1 N–H and O–H groups in total. The summed E-state index contributed by atoms with van der Waals surface area (Å²) in [6.45, 7) is 2.05. The number of carbonyl (C=O) groups is 2. The second-order valence-electron chi connectivity index (χ2n) is 6.54. The van der Waals surface area contributed by atoms with Gasteiger partial charge < -0.3 is 9.47 Å². The third-order valence-electron chi connectivity index (χ3n) is 4.27. The van der Waals surface area contributed by atoms with E-state index in [1.54, 1.807) is 19.1 Å². The molecule has 0 fully saturated rings. The molecule has 0 spiro atoms. The van der Waals surface area contributed by atoms with Crippen molar-refractivity contribution in [2.45, 2.75) is 6.92 Å². The first-order valence-corrected chi connectivity index (χ1v) is 9.70. The number of nitrogens with zero attached hydrogens (tertiary/aromatic N) is 2. The summed E-state index contributed by atoms with van der Waals surface area (Å²) in [4.78, 5) is 34.6. The van der Waals surface area contributed by atoms with Crippen molar-refractivity contribution in [1.82, 2.24) is 5.43 Å². The topological polar surface area (TPSA) is 120 Å². The van der Waals surface area contributed by atoms with Crippen molar-refractivity contribution in [1.29, 1.82) is 0 Å². The smallest absolute Gasteiger partial charge is 0.343 e. The van der Waals surface area contributed by atoms with Gasteiger partial charge in [-0.05, 0) is 67.1 Å². The highest BCUT2D eigenvalue weighted by atomic mass is 19.1. The quantitative estimate of drug-likeness (QED) is 0.181. The van der Waals surface area contributed by atoms with Gasteiger partial charge >= 0.3 is 5.97 Å². The number of nitro groups is 1. The highest BCUT2D eigenvalue weighted by molar-refractivity contribution is 5.95. The minimum absolute atomic E-state index is 0.136. The molecule has 0 radical (unpaired) electrons. The van der Waals surface area contributed by atoms with E-state index in [-0.39, 0.29) is 28.3 Å². The SMILES string of the molecule is CCOc1cc(C=NNC(=O)c2ccc(F)cc2)ccc1OC(=O)c1ccc([N+](=O)[O-])cc1. The van der Waals surface area contributed by atoms with Crippen LogP contribution in [0.2, 0.25) is 0 Å². The number of nitrogens with one attached hydrogen (secondary N) is 1. The number of hydrogen-bond donors (Lipinski definition) is 1. The van der Waals surface area contributed by atoms with Crippen molar-refractivity contribution in [3.8, 4) is 11.5 Å². The monoisotopic (exact) mass is 451 g/mol. The van der Waals surface area contributed by atoms with E-state index >= 15 is 0 Å². The second-order valence-corrected chi connectivity index (χ2v) is 6.54. The third-order valence-corrected chi connectivity index (χ3v) is 4.27. The van der Waals surface area contributed by atoms with Crippen molar-refractivity contribution in [3.05, 3.63) is 99.4 Å². The lowest BCUT2D eigenvalue weighted by atomic mass is 10.2. The third kappa shape index (κ3) is 6.20. The Morgan fingerprint density at radius 2 is 1.70 bits per heavy atom. The summed E-state index contributed by atoms with van der Waals surface area (Å²) in [6.07, 6.45) is 1.37. The molecule has 168 valence electrons. The van der Waals surface area contributed by atoms with Gasteiger partial charge in [0.2, 0.25) is 0 Å². The van der Waals surface area contributed by atoms with Crippen LogP contribution in [-0.2, 0) is 0 Å². The van der Waals surface area contributed by atoms with Gasteiger partial charge in [-0.3, -0.25) is 14.9 Å². The highest BCUT2D eigenvalue weighted by Gasteiger charge is 2.15. The van der Waals surface area contributed by atoms with Gasteiger partial charge in [-0.2, -0.15) is 5.10 Å². The van der Waals surface area contributed by atoms with Crippen molar-refractivity contribution < 1.29 is 28.4 Å². The molecule has 3 aromatic rings. The van der Waals surface area contributed by atoms with Crippen LogP contribution in [0.25, 0.3) is 0 Å². The van der Waals surface area contributed by atoms with E-state index in [0.717, 1.165) is 0 Å². The van der Waals surface area contributed by atoms with Crippen LogP contribution < -0.4 is 14.9 Å². The Morgan fingerprint density at radius 1 is 1.03 bits per heavy atom. The average molecular weight is 451 g/mol. The fraction of sp³-hybridized carbons (Fsp3) is 0.0870. The van der Waals surface area contributed by atoms with Crippen LogP contribution in [0.5, 0.6) is 11.5 Å². The molecule has 0 bridgehead atoms. The Hall–Kier alpha value is -4.60. The van der Waals surface area contributed by atoms with Gasteiger partial charge in [-0.15, -0.1) is 0 Å². The highest BCUT2D eigenvalue weighted by Crippen LogP contribution is 2.29. The molecule has 0 heterocycles. The predicted molar refractivity (Wildman–Crippen MR) is 117 cm³/mol. The molecular weight excluding hydrogens is 433 g/mol. The Balaban J connectivity index is 1.69. The van der Waals surface area contributed by atoms with E-state index in [4.69, 9.17) is 9.47 Å². The lowest BCUT2D eigenvalue weighted by Crippen LogP contribution is -2.17. The first-order chi connectivity index (χ1) is 15.9. The Labute approximate surface area is 187 Å². The Morgan fingerprint density at radius 3 is 2.33 bits per heavy atom. The van der Waals surface area contributed by atoms with Crippen molar-refractivity contribution in [2.75, 3.05) is 6.61 Å². The summed E-state index contributed by atoms with van der Waals surface area (Å²) in [6, 6.07) is 14.7. The zero-order valence-electron chi connectivity index (χ0n) is 17.4. The number of carbonyl (C=O) groups excluding carboxylic acids is 2. The maximum Gasteiger partial charge on any atom is 0.343 e. The van der Waals surface area contributed by atoms with Crippen LogP contribution in [0.1, 0.15) is 33.2 Å². The van der Waals surface area contributed by atoms with Crippen LogP contribution in [0.3, 0.4) is 0 Å². The van der Waals surface area contributed by atoms with Crippen LogP contribution in [-0.4, -0.2) is 29.6 Å². The van der Waals surface area contributed by atoms with E-state index < -0.39 is 22.6 Å². The molecule has 0 aromatic heterocycles. The number of nitro benzene ring substituents is 1. The summed E-state index contributed by atoms with van der Waals surface area (Å²) < 4.78 is 23.8. The summed E-state index contributed by atoms with van der Waals surface area (Å²) in [5.74, 6) is -1.26. The van der Waals surface area contributed by atoms with E-state index in [1.807, 2.05) is 0 Å². The first kappa shape index (κ1) is 23.1. The predicted octanol–water partition coefficient (Wildman–Crippen LogP) is 4.12. The molecule has 0 aliphatic rings. The van der Waals surface area contributed by atoms with E-state index in [2.05, 4.69) is 10.5 Å². The molecule has 0 aliphatic carbocycles. The molecule has 0 aliphatic heterocycles. The molecule has 3 aromatic carbocycles. The molecule has 3 rings (SSSR count). The molecule has 0 unspecified atom stereocenters. The molecule has 33 heavy (non-hydrogen) atoms. The van der Waals surface area contributed by atoms with Crippen molar-refractivity contribution in [3.63, 3.8) is 0 Å². The Kier molecular flexibility index (Phi) is 7.43. The fourth-order valence-corrected chi connectivity index (χ4v) is 2.67. The minimum Gasteiger partial charge on any atom is -0.490 e. The first-order valence-electron chi connectivity index (χ1n) is 9.70. The largest absolute Gasteiger partial charge is 0.490 e. The van der Waals surface area contributed by atoms with Crippen LogP contribution in [0.4, 0.5) is 10.1 Å². The van der Waals surface area contributed by atoms with Gasteiger partial charge in [-0.25, -0.2) is 14.6 Å². The molecule has 0 saturated carbocycles. The maximum atomic E-state index is 12.9. The van der Waals surface area contributed by atoms with Gasteiger partial charge in [-0.1, -0.05) is 0 Å². The van der Waals surface area contributed by atoms with Gasteiger partial charge in [0.1, 0.15) is 5.82 Å². The molecule has 1 amide bonds. The number of benzene rings is 3. The zero-order valence-corrected chi connectivity index (χ0v) is 17.4. The lowest BCUT2D eigenvalue weighted by Gasteiger charge is -2.11. The number of ether oxygens (including phenoxy) is 2. The lowest BCUT2D eigenvalue weighted by molar-refractivity contribution is -0.384. The summed E-state index contributed by atoms with van der Waals surface area (Å²) in [5, 5.41) is 14.6. The number of hydrazone groups is 1. The number of hydrogen-bond acceptors (Lipinski definition) is 7. The molecule has 0 atom stereocenters. The Bertz CT molecular complexity index is 1190. The number of non-ortho nitro benzene ring substituents is 1. The second kappa shape index (κ2) is 10.6. The number of rotatable bonds is 8. The number of esters is 1. The zero-order chi connectivity index (χ0) is 23.8. The maximum absolute atomic E-state index is 12.9. The van der Waals surface area contributed by atoms with E-state index in [1.165, 1.54) is 60.8 Å². The summed E-state index contributed by atoms with van der Waals surface area (Å²) >= 11 is 0. The van der Waals surface area contributed by atoms with Crippen LogP contribution in [0, 0.1) is 15.9 Å². The number of amides is 1. The fourth-order valence-electron chi connectivity index (χ4n) is 2.67. The van der Waals surface area contributed by atoms with Crippen molar-refractivity contribution >= 4 is 23.8 Å². The average Bonchev–Trinajstić information content (AvgIpc) is 2.81. The molecular formula is C23H18FN3O6.